The molecule has 5 heteroatoms. The van der Waals surface area contributed by atoms with Crippen molar-refractivity contribution in [3.8, 4) is 0 Å². The predicted molar refractivity (Wildman–Crippen MR) is 81.7 cm³/mol. The number of nitrogens with one attached hydrogen (secondary N) is 1. The first-order valence-corrected chi connectivity index (χ1v) is 7.50. The molecule has 1 N–H and O–H groups in total. The average molecular weight is 288 g/mol. The summed E-state index contributed by atoms with van der Waals surface area (Å²) in [6.07, 6.45) is 3.54. The summed E-state index contributed by atoms with van der Waals surface area (Å²) >= 11 is 1.66. The van der Waals surface area contributed by atoms with E-state index in [1.165, 1.54) is 6.20 Å². The van der Waals surface area contributed by atoms with Gasteiger partial charge in [0, 0.05) is 11.1 Å². The summed E-state index contributed by atoms with van der Waals surface area (Å²) in [6.45, 7) is 2.14. The SMILES string of the molecule is CCOC(=O)c1ccc(Nc2ccccc2SC)nc1. The molecule has 2 rings (SSSR count). The minimum Gasteiger partial charge on any atom is -0.462 e. The van der Waals surface area contributed by atoms with E-state index in [2.05, 4.69) is 10.3 Å². The summed E-state index contributed by atoms with van der Waals surface area (Å²) in [4.78, 5) is 16.9. The van der Waals surface area contributed by atoms with E-state index in [1.54, 1.807) is 30.8 Å². The van der Waals surface area contributed by atoms with Crippen molar-refractivity contribution in [3.05, 3.63) is 48.2 Å². The number of ether oxygens (including phenoxy) is 1. The van der Waals surface area contributed by atoms with E-state index in [0.29, 0.717) is 18.0 Å². The number of anilines is 2. The van der Waals surface area contributed by atoms with Crippen molar-refractivity contribution < 1.29 is 9.53 Å². The van der Waals surface area contributed by atoms with Gasteiger partial charge in [-0.25, -0.2) is 9.78 Å². The fraction of sp³-hybridized carbons (Fsp3) is 0.200. The fourth-order valence-corrected chi connectivity index (χ4v) is 2.24. The molecule has 0 fully saturated rings. The van der Waals surface area contributed by atoms with Crippen molar-refractivity contribution in [1.82, 2.24) is 4.98 Å². The Morgan fingerprint density at radius 3 is 2.75 bits per heavy atom. The number of pyridine rings is 1. The minimum absolute atomic E-state index is 0.351. The maximum absolute atomic E-state index is 11.5. The Morgan fingerprint density at radius 1 is 1.30 bits per heavy atom. The van der Waals surface area contributed by atoms with Gasteiger partial charge in [0.15, 0.2) is 0 Å². The molecule has 0 amide bonds. The first-order valence-electron chi connectivity index (χ1n) is 6.27. The molecule has 1 aromatic heterocycles. The fourth-order valence-electron chi connectivity index (χ4n) is 1.69. The summed E-state index contributed by atoms with van der Waals surface area (Å²) in [6, 6.07) is 11.5. The van der Waals surface area contributed by atoms with Crippen LogP contribution in [0.25, 0.3) is 0 Å². The Balaban J connectivity index is 2.13. The lowest BCUT2D eigenvalue weighted by molar-refractivity contribution is 0.0526. The van der Waals surface area contributed by atoms with E-state index < -0.39 is 0 Å². The maximum atomic E-state index is 11.5. The molecule has 0 atom stereocenters. The molecule has 0 saturated heterocycles. The monoisotopic (exact) mass is 288 g/mol. The molecule has 0 aliphatic carbocycles. The van der Waals surface area contributed by atoms with Crippen LogP contribution in [0.4, 0.5) is 11.5 Å². The van der Waals surface area contributed by atoms with Gasteiger partial charge in [0.1, 0.15) is 5.82 Å². The van der Waals surface area contributed by atoms with Gasteiger partial charge in [-0.2, -0.15) is 0 Å². The van der Waals surface area contributed by atoms with Crippen LogP contribution in [-0.4, -0.2) is 23.8 Å². The second kappa shape index (κ2) is 6.96. The average Bonchev–Trinajstić information content (AvgIpc) is 2.49. The number of benzene rings is 1. The molecule has 20 heavy (non-hydrogen) atoms. The van der Waals surface area contributed by atoms with Crippen molar-refractivity contribution in [3.63, 3.8) is 0 Å². The van der Waals surface area contributed by atoms with Gasteiger partial charge >= 0.3 is 5.97 Å². The molecule has 0 unspecified atom stereocenters. The van der Waals surface area contributed by atoms with Crippen LogP contribution >= 0.6 is 11.8 Å². The summed E-state index contributed by atoms with van der Waals surface area (Å²) in [7, 11) is 0. The molecule has 1 aromatic carbocycles. The van der Waals surface area contributed by atoms with Crippen LogP contribution in [0.3, 0.4) is 0 Å². The molecule has 0 aliphatic rings. The number of thioether (sulfide) groups is 1. The highest BCUT2D eigenvalue weighted by Crippen LogP contribution is 2.26. The maximum Gasteiger partial charge on any atom is 0.339 e. The Labute approximate surface area is 122 Å². The number of para-hydroxylation sites is 1. The van der Waals surface area contributed by atoms with Gasteiger partial charge in [0.05, 0.1) is 17.9 Å². The highest BCUT2D eigenvalue weighted by Gasteiger charge is 2.07. The van der Waals surface area contributed by atoms with E-state index in [4.69, 9.17) is 4.74 Å². The predicted octanol–water partition coefficient (Wildman–Crippen LogP) is 3.72. The molecule has 4 nitrogen and oxygen atoms in total. The molecular formula is C15H16N2O2S. The van der Waals surface area contributed by atoms with E-state index in [9.17, 15) is 4.79 Å². The second-order valence-electron chi connectivity index (χ2n) is 3.98. The molecule has 1 heterocycles. The van der Waals surface area contributed by atoms with E-state index in [0.717, 1.165) is 10.6 Å². The summed E-state index contributed by atoms with van der Waals surface area (Å²) in [5.41, 5.74) is 1.45. The van der Waals surface area contributed by atoms with Gasteiger partial charge in [-0.05, 0) is 37.4 Å². The zero-order valence-electron chi connectivity index (χ0n) is 11.4. The number of esters is 1. The van der Waals surface area contributed by atoms with E-state index in [1.807, 2.05) is 30.5 Å². The third kappa shape index (κ3) is 3.51. The van der Waals surface area contributed by atoms with E-state index >= 15 is 0 Å². The van der Waals surface area contributed by atoms with E-state index in [-0.39, 0.29) is 5.97 Å². The Bertz CT molecular complexity index is 585. The van der Waals surface area contributed by atoms with Crippen molar-refractivity contribution in [1.29, 1.82) is 0 Å². The third-order valence-corrected chi connectivity index (χ3v) is 3.44. The largest absolute Gasteiger partial charge is 0.462 e. The number of rotatable bonds is 5. The number of nitrogens with zero attached hydrogens (tertiary/aromatic N) is 1. The first kappa shape index (κ1) is 14.4. The smallest absolute Gasteiger partial charge is 0.339 e. The number of aromatic nitrogens is 1. The highest BCUT2D eigenvalue weighted by molar-refractivity contribution is 7.98. The van der Waals surface area contributed by atoms with Crippen LogP contribution < -0.4 is 5.32 Å². The number of hydrogen-bond acceptors (Lipinski definition) is 5. The van der Waals surface area contributed by atoms with Gasteiger partial charge in [0.25, 0.3) is 0 Å². The number of carbonyl (C=O) groups is 1. The lowest BCUT2D eigenvalue weighted by Crippen LogP contribution is -2.05. The zero-order chi connectivity index (χ0) is 14.4. The highest BCUT2D eigenvalue weighted by atomic mass is 32.2. The van der Waals surface area contributed by atoms with Crippen LogP contribution in [0.15, 0.2) is 47.5 Å². The van der Waals surface area contributed by atoms with Crippen molar-refractivity contribution in [2.24, 2.45) is 0 Å². The zero-order valence-corrected chi connectivity index (χ0v) is 12.2. The van der Waals surface area contributed by atoms with Gasteiger partial charge < -0.3 is 10.1 Å². The number of hydrogen-bond donors (Lipinski definition) is 1. The van der Waals surface area contributed by atoms with Crippen LogP contribution in [0.1, 0.15) is 17.3 Å². The normalized spacial score (nSPS) is 10.1. The first-order chi connectivity index (χ1) is 9.74. The van der Waals surface area contributed by atoms with Crippen molar-refractivity contribution in [2.75, 3.05) is 18.2 Å². The van der Waals surface area contributed by atoms with Gasteiger partial charge in [-0.1, -0.05) is 12.1 Å². The molecule has 2 aromatic rings. The van der Waals surface area contributed by atoms with Crippen LogP contribution in [-0.2, 0) is 4.74 Å². The minimum atomic E-state index is -0.351. The van der Waals surface area contributed by atoms with Crippen molar-refractivity contribution in [2.45, 2.75) is 11.8 Å². The van der Waals surface area contributed by atoms with Crippen molar-refractivity contribution >= 4 is 29.2 Å². The Hall–Kier alpha value is -2.01. The number of carbonyl (C=O) groups excluding carboxylic acids is 1. The molecule has 0 spiro atoms. The summed E-state index contributed by atoms with van der Waals surface area (Å²) in [5, 5.41) is 3.24. The Morgan fingerprint density at radius 2 is 2.10 bits per heavy atom. The lowest BCUT2D eigenvalue weighted by Gasteiger charge is -2.09. The Kier molecular flexibility index (Phi) is 5.01. The molecule has 104 valence electrons. The third-order valence-electron chi connectivity index (χ3n) is 2.64. The topological polar surface area (TPSA) is 51.2 Å². The van der Waals surface area contributed by atoms with Crippen LogP contribution in [0.5, 0.6) is 0 Å². The molecular weight excluding hydrogens is 272 g/mol. The second-order valence-corrected chi connectivity index (χ2v) is 4.83. The van der Waals surface area contributed by atoms with Crippen LogP contribution in [0.2, 0.25) is 0 Å². The molecule has 0 saturated carbocycles. The standard InChI is InChI=1S/C15H16N2O2S/c1-3-19-15(18)11-8-9-14(16-10-11)17-12-6-4-5-7-13(12)20-2/h4-10H,3H2,1-2H3,(H,16,17). The van der Waals surface area contributed by atoms with Gasteiger partial charge in [0.2, 0.25) is 0 Å². The quantitative estimate of drug-likeness (QED) is 0.671. The van der Waals surface area contributed by atoms with Gasteiger partial charge in [-0.15, -0.1) is 11.8 Å². The lowest BCUT2D eigenvalue weighted by atomic mass is 10.2. The molecule has 0 radical (unpaired) electrons. The summed E-state index contributed by atoms with van der Waals surface area (Å²) < 4.78 is 4.92. The van der Waals surface area contributed by atoms with Crippen LogP contribution in [0, 0.1) is 0 Å². The molecule has 0 aliphatic heterocycles. The summed E-state index contributed by atoms with van der Waals surface area (Å²) in [5.74, 6) is 0.343. The molecule has 0 bridgehead atoms. The van der Waals surface area contributed by atoms with Gasteiger partial charge in [-0.3, -0.25) is 0 Å².